The lowest BCUT2D eigenvalue weighted by atomic mass is 10.2. The molecule has 0 aliphatic heterocycles. The first-order valence-electron chi connectivity index (χ1n) is 8.79. The van der Waals surface area contributed by atoms with Crippen molar-refractivity contribution in [3.8, 4) is 11.5 Å². The number of aromatic nitrogens is 3. The quantitative estimate of drug-likeness (QED) is 0.469. The molecule has 0 aliphatic rings. The van der Waals surface area contributed by atoms with E-state index in [1.54, 1.807) is 10.9 Å². The number of hydrogen-bond donors (Lipinski definition) is 1. The van der Waals surface area contributed by atoms with Gasteiger partial charge in [-0.15, -0.1) is 0 Å². The van der Waals surface area contributed by atoms with Gasteiger partial charge < -0.3 is 9.47 Å². The SMILES string of the molecule is CCOc1cc(/C=N/n2c(C)n[nH]c2=S)ccc1OCCc1ccccc1. The molecule has 7 heteroatoms. The lowest BCUT2D eigenvalue weighted by molar-refractivity contribution is 0.279. The van der Waals surface area contributed by atoms with Crippen LogP contribution in [0.25, 0.3) is 0 Å². The molecular weight excluding hydrogens is 360 g/mol. The summed E-state index contributed by atoms with van der Waals surface area (Å²) in [5.41, 5.74) is 2.13. The highest BCUT2D eigenvalue weighted by molar-refractivity contribution is 7.71. The molecule has 0 aliphatic carbocycles. The Morgan fingerprint density at radius 2 is 1.96 bits per heavy atom. The van der Waals surface area contributed by atoms with Gasteiger partial charge in [0.15, 0.2) is 11.5 Å². The molecule has 0 bridgehead atoms. The van der Waals surface area contributed by atoms with E-state index in [1.807, 2.05) is 50.2 Å². The number of aromatic amines is 1. The molecule has 1 aromatic heterocycles. The van der Waals surface area contributed by atoms with E-state index in [2.05, 4.69) is 27.4 Å². The summed E-state index contributed by atoms with van der Waals surface area (Å²) in [6, 6.07) is 16.0. The third-order valence-corrected chi connectivity index (χ3v) is 4.16. The van der Waals surface area contributed by atoms with Crippen LogP contribution in [0.15, 0.2) is 53.6 Å². The Hall–Kier alpha value is -2.93. The summed E-state index contributed by atoms with van der Waals surface area (Å²) in [6.07, 6.45) is 2.56. The van der Waals surface area contributed by atoms with Crippen LogP contribution < -0.4 is 9.47 Å². The minimum Gasteiger partial charge on any atom is -0.490 e. The van der Waals surface area contributed by atoms with Crippen molar-refractivity contribution >= 4 is 18.4 Å². The van der Waals surface area contributed by atoms with Crippen molar-refractivity contribution in [1.29, 1.82) is 0 Å². The van der Waals surface area contributed by atoms with Crippen LogP contribution in [0.3, 0.4) is 0 Å². The molecule has 3 aromatic rings. The molecular formula is C20H22N4O2S. The summed E-state index contributed by atoms with van der Waals surface area (Å²) >= 11 is 5.15. The summed E-state index contributed by atoms with van der Waals surface area (Å²) in [6.45, 7) is 4.92. The highest BCUT2D eigenvalue weighted by Crippen LogP contribution is 2.28. The van der Waals surface area contributed by atoms with Gasteiger partial charge in [0.05, 0.1) is 19.4 Å². The minimum atomic E-state index is 0.453. The molecule has 0 spiro atoms. The minimum absolute atomic E-state index is 0.453. The standard InChI is InChI=1S/C20H22N4O2S/c1-3-25-19-13-17(14-21-24-15(2)22-23-20(24)27)9-10-18(19)26-12-11-16-7-5-4-6-8-16/h4-10,13-14H,3,11-12H2,1-2H3,(H,23,27)/b21-14+. The molecule has 6 nitrogen and oxygen atoms in total. The topological polar surface area (TPSA) is 64.4 Å². The van der Waals surface area contributed by atoms with Crippen molar-refractivity contribution < 1.29 is 9.47 Å². The van der Waals surface area contributed by atoms with Gasteiger partial charge in [0.2, 0.25) is 4.77 Å². The van der Waals surface area contributed by atoms with Crippen molar-refractivity contribution in [2.75, 3.05) is 13.2 Å². The van der Waals surface area contributed by atoms with Crippen LogP contribution in [0.5, 0.6) is 11.5 Å². The van der Waals surface area contributed by atoms with Crippen LogP contribution in [-0.4, -0.2) is 34.3 Å². The van der Waals surface area contributed by atoms with Crippen molar-refractivity contribution in [2.24, 2.45) is 5.10 Å². The van der Waals surface area contributed by atoms with Gasteiger partial charge in [-0.2, -0.15) is 14.9 Å². The Bertz CT molecular complexity index is 964. The Kier molecular flexibility index (Phi) is 6.38. The number of ether oxygens (including phenoxy) is 2. The smallest absolute Gasteiger partial charge is 0.216 e. The van der Waals surface area contributed by atoms with E-state index in [1.165, 1.54) is 5.56 Å². The van der Waals surface area contributed by atoms with Crippen LogP contribution in [0.4, 0.5) is 0 Å². The van der Waals surface area contributed by atoms with E-state index in [9.17, 15) is 0 Å². The number of hydrogen-bond acceptors (Lipinski definition) is 5. The van der Waals surface area contributed by atoms with E-state index < -0.39 is 0 Å². The molecule has 2 aromatic carbocycles. The fourth-order valence-corrected chi connectivity index (χ4v) is 2.77. The molecule has 27 heavy (non-hydrogen) atoms. The van der Waals surface area contributed by atoms with Gasteiger partial charge in [0.1, 0.15) is 5.82 Å². The number of H-pyrrole nitrogens is 1. The van der Waals surface area contributed by atoms with Crippen LogP contribution in [-0.2, 0) is 6.42 Å². The molecule has 1 N–H and O–H groups in total. The summed E-state index contributed by atoms with van der Waals surface area (Å²) in [7, 11) is 0. The van der Waals surface area contributed by atoms with E-state index in [0.717, 1.165) is 17.7 Å². The number of nitrogens with one attached hydrogen (secondary N) is 1. The van der Waals surface area contributed by atoms with Gasteiger partial charge in [-0.1, -0.05) is 30.3 Å². The third-order valence-electron chi connectivity index (χ3n) is 3.89. The number of nitrogens with zero attached hydrogens (tertiary/aromatic N) is 3. The maximum Gasteiger partial charge on any atom is 0.216 e. The van der Waals surface area contributed by atoms with E-state index >= 15 is 0 Å². The highest BCUT2D eigenvalue weighted by atomic mass is 32.1. The fourth-order valence-electron chi connectivity index (χ4n) is 2.55. The van der Waals surface area contributed by atoms with Gasteiger partial charge in [0, 0.05) is 6.42 Å². The van der Waals surface area contributed by atoms with Gasteiger partial charge in [0.25, 0.3) is 0 Å². The molecule has 3 rings (SSSR count). The Morgan fingerprint density at radius 3 is 2.67 bits per heavy atom. The Labute approximate surface area is 163 Å². The summed E-state index contributed by atoms with van der Waals surface area (Å²) in [5, 5.41) is 11.1. The molecule has 0 atom stereocenters. The maximum absolute atomic E-state index is 5.93. The first-order chi connectivity index (χ1) is 13.2. The average Bonchev–Trinajstić information content (AvgIpc) is 3.00. The molecule has 0 saturated carbocycles. The van der Waals surface area contributed by atoms with Gasteiger partial charge in [-0.3, -0.25) is 5.10 Å². The summed E-state index contributed by atoms with van der Waals surface area (Å²) in [4.78, 5) is 0. The van der Waals surface area contributed by atoms with Crippen LogP contribution in [0.1, 0.15) is 23.9 Å². The second-order valence-electron chi connectivity index (χ2n) is 5.86. The predicted molar refractivity (Wildman–Crippen MR) is 108 cm³/mol. The second kappa shape index (κ2) is 9.14. The molecule has 0 radical (unpaired) electrons. The van der Waals surface area contributed by atoms with Gasteiger partial charge in [-0.05, 0) is 55.4 Å². The van der Waals surface area contributed by atoms with Crippen molar-refractivity contribution in [3.63, 3.8) is 0 Å². The summed E-state index contributed by atoms with van der Waals surface area (Å²) in [5.74, 6) is 2.12. The van der Waals surface area contributed by atoms with E-state index in [0.29, 0.717) is 29.6 Å². The first kappa shape index (κ1) is 18.8. The normalized spacial score (nSPS) is 11.0. The first-order valence-corrected chi connectivity index (χ1v) is 9.20. The number of aryl methyl sites for hydroxylation is 1. The number of benzene rings is 2. The van der Waals surface area contributed by atoms with Crippen LogP contribution >= 0.6 is 12.2 Å². The molecule has 1 heterocycles. The van der Waals surface area contributed by atoms with Crippen molar-refractivity contribution in [2.45, 2.75) is 20.3 Å². The number of rotatable bonds is 8. The van der Waals surface area contributed by atoms with Gasteiger partial charge in [-0.25, -0.2) is 0 Å². The highest BCUT2D eigenvalue weighted by Gasteiger charge is 2.07. The lowest BCUT2D eigenvalue weighted by Crippen LogP contribution is -2.04. The molecule has 0 amide bonds. The van der Waals surface area contributed by atoms with E-state index in [4.69, 9.17) is 21.7 Å². The fraction of sp³-hybridized carbons (Fsp3) is 0.250. The Balaban J connectivity index is 1.71. The Morgan fingerprint density at radius 1 is 1.15 bits per heavy atom. The largest absolute Gasteiger partial charge is 0.490 e. The lowest BCUT2D eigenvalue weighted by Gasteiger charge is -2.12. The maximum atomic E-state index is 5.93. The molecule has 0 saturated heterocycles. The van der Waals surface area contributed by atoms with Crippen molar-refractivity contribution in [3.05, 3.63) is 70.3 Å². The van der Waals surface area contributed by atoms with E-state index in [-0.39, 0.29) is 0 Å². The van der Waals surface area contributed by atoms with Crippen LogP contribution in [0, 0.1) is 11.7 Å². The molecule has 140 valence electrons. The molecule has 0 unspecified atom stereocenters. The van der Waals surface area contributed by atoms with Crippen molar-refractivity contribution in [1.82, 2.24) is 14.9 Å². The predicted octanol–water partition coefficient (Wildman–Crippen LogP) is 4.15. The summed E-state index contributed by atoms with van der Waals surface area (Å²) < 4.78 is 13.7. The second-order valence-corrected chi connectivity index (χ2v) is 6.24. The van der Waals surface area contributed by atoms with Crippen LogP contribution in [0.2, 0.25) is 0 Å². The third kappa shape index (κ3) is 5.04. The zero-order valence-corrected chi connectivity index (χ0v) is 16.2. The zero-order valence-electron chi connectivity index (χ0n) is 15.4. The monoisotopic (exact) mass is 382 g/mol. The molecule has 0 fully saturated rings. The zero-order chi connectivity index (χ0) is 19.1. The average molecular weight is 382 g/mol. The van der Waals surface area contributed by atoms with Gasteiger partial charge >= 0.3 is 0 Å².